The number of aryl methyl sites for hydroxylation is 1. The fourth-order valence-electron chi connectivity index (χ4n) is 1.71. The van der Waals surface area contributed by atoms with Gasteiger partial charge < -0.3 is 5.32 Å². The van der Waals surface area contributed by atoms with Crippen LogP contribution in [0.1, 0.15) is 23.8 Å². The third kappa shape index (κ3) is 3.83. The third-order valence-electron chi connectivity index (χ3n) is 2.71. The predicted molar refractivity (Wildman–Crippen MR) is 83.2 cm³/mol. The summed E-state index contributed by atoms with van der Waals surface area (Å²) in [5, 5.41) is 7.44. The maximum absolute atomic E-state index is 12.1. The Morgan fingerprint density at radius 3 is 2.67 bits per heavy atom. The van der Waals surface area contributed by atoms with E-state index < -0.39 is 5.91 Å². The Kier molecular flexibility index (Phi) is 4.98. The lowest BCUT2D eigenvalue weighted by Gasteiger charge is -2.07. The number of benzene rings is 1. The third-order valence-corrected chi connectivity index (χ3v) is 3.45. The molecule has 21 heavy (non-hydrogen) atoms. The molecule has 0 saturated carbocycles. The first kappa shape index (κ1) is 15.5. The quantitative estimate of drug-likeness (QED) is 0.938. The fraction of sp³-hybridized carbons (Fsp3) is 0.214. The highest BCUT2D eigenvalue weighted by atomic mass is 35.5. The van der Waals surface area contributed by atoms with Crippen molar-refractivity contribution in [2.24, 2.45) is 0 Å². The van der Waals surface area contributed by atoms with Crippen LogP contribution in [0.15, 0.2) is 35.1 Å². The zero-order chi connectivity index (χ0) is 15.4. The van der Waals surface area contributed by atoms with Crippen LogP contribution in [0.4, 0.5) is 5.69 Å². The number of aromatic nitrogens is 2. The highest BCUT2D eigenvalue weighted by Gasteiger charge is 2.10. The predicted octanol–water partition coefficient (Wildman–Crippen LogP) is 3.21. The van der Waals surface area contributed by atoms with Gasteiger partial charge in [0.1, 0.15) is 5.69 Å². The molecular weight excluding hydrogens is 313 g/mol. The molecule has 2 aromatic rings. The number of hydrogen-bond donors (Lipinski definition) is 1. The first-order valence-electron chi connectivity index (χ1n) is 6.36. The topological polar surface area (TPSA) is 64.0 Å². The molecule has 110 valence electrons. The average Bonchev–Trinajstić information content (AvgIpc) is 2.45. The molecule has 1 aromatic carbocycles. The van der Waals surface area contributed by atoms with Gasteiger partial charge in [0.2, 0.25) is 0 Å². The van der Waals surface area contributed by atoms with Gasteiger partial charge in [-0.1, -0.05) is 30.1 Å². The highest BCUT2D eigenvalue weighted by Crippen LogP contribution is 2.25. The molecule has 5 nitrogen and oxygen atoms in total. The molecule has 0 bridgehead atoms. The van der Waals surface area contributed by atoms with Crippen molar-refractivity contribution in [2.45, 2.75) is 19.9 Å². The normalized spacial score (nSPS) is 10.4. The molecule has 1 heterocycles. The van der Waals surface area contributed by atoms with Crippen molar-refractivity contribution < 1.29 is 4.79 Å². The summed E-state index contributed by atoms with van der Waals surface area (Å²) < 4.78 is 1.27. The Morgan fingerprint density at radius 2 is 2.00 bits per heavy atom. The minimum atomic E-state index is -0.418. The summed E-state index contributed by atoms with van der Waals surface area (Å²) in [4.78, 5) is 23.7. The number of carbonyl (C=O) groups excluding carboxylic acids is 1. The highest BCUT2D eigenvalue weighted by molar-refractivity contribution is 6.42. The van der Waals surface area contributed by atoms with Crippen LogP contribution in [0.2, 0.25) is 10.0 Å². The van der Waals surface area contributed by atoms with Crippen molar-refractivity contribution in [1.29, 1.82) is 0 Å². The van der Waals surface area contributed by atoms with Crippen molar-refractivity contribution >= 4 is 34.8 Å². The summed E-state index contributed by atoms with van der Waals surface area (Å²) in [5.41, 5.74) is 0.432. The molecule has 1 amide bonds. The van der Waals surface area contributed by atoms with E-state index in [2.05, 4.69) is 10.4 Å². The molecule has 1 aromatic heterocycles. The number of nitrogens with zero attached hydrogens (tertiary/aromatic N) is 2. The van der Waals surface area contributed by atoms with E-state index in [4.69, 9.17) is 23.2 Å². The number of carbonyl (C=O) groups is 1. The van der Waals surface area contributed by atoms with E-state index in [0.717, 1.165) is 6.42 Å². The summed E-state index contributed by atoms with van der Waals surface area (Å²) >= 11 is 11.7. The van der Waals surface area contributed by atoms with Gasteiger partial charge in [0.15, 0.2) is 0 Å². The number of anilines is 1. The molecule has 0 spiro atoms. The van der Waals surface area contributed by atoms with E-state index in [1.807, 2.05) is 6.92 Å². The number of hydrogen-bond acceptors (Lipinski definition) is 3. The molecule has 1 N–H and O–H groups in total. The Hall–Kier alpha value is -1.85. The summed E-state index contributed by atoms with van der Waals surface area (Å²) in [6.45, 7) is 2.39. The molecule has 2 rings (SSSR count). The van der Waals surface area contributed by atoms with Crippen LogP contribution >= 0.6 is 23.2 Å². The zero-order valence-electron chi connectivity index (χ0n) is 11.3. The minimum Gasteiger partial charge on any atom is -0.321 e. The fourth-order valence-corrected chi connectivity index (χ4v) is 2.01. The van der Waals surface area contributed by atoms with Gasteiger partial charge >= 0.3 is 0 Å². The lowest BCUT2D eigenvalue weighted by molar-refractivity contribution is 0.102. The van der Waals surface area contributed by atoms with E-state index in [0.29, 0.717) is 22.3 Å². The molecular formula is C14H13Cl2N3O2. The van der Waals surface area contributed by atoms with E-state index in [-0.39, 0.29) is 11.3 Å². The summed E-state index contributed by atoms with van der Waals surface area (Å²) in [6, 6.07) is 7.48. The van der Waals surface area contributed by atoms with Crippen LogP contribution < -0.4 is 10.9 Å². The summed E-state index contributed by atoms with van der Waals surface area (Å²) in [7, 11) is 0. The second-order valence-electron chi connectivity index (χ2n) is 4.36. The van der Waals surface area contributed by atoms with Crippen LogP contribution in [-0.2, 0) is 6.54 Å². The maximum atomic E-state index is 12.1. The molecule has 7 heteroatoms. The van der Waals surface area contributed by atoms with Gasteiger partial charge in [-0.25, -0.2) is 4.68 Å². The largest absolute Gasteiger partial charge is 0.321 e. The van der Waals surface area contributed by atoms with Gasteiger partial charge in [-0.05, 0) is 30.7 Å². The molecule has 0 unspecified atom stereocenters. The molecule has 0 aliphatic heterocycles. The van der Waals surface area contributed by atoms with Crippen LogP contribution in [0.3, 0.4) is 0 Å². The van der Waals surface area contributed by atoms with Crippen molar-refractivity contribution in [2.75, 3.05) is 5.32 Å². The second-order valence-corrected chi connectivity index (χ2v) is 5.18. The van der Waals surface area contributed by atoms with Crippen LogP contribution in [0.5, 0.6) is 0 Å². The molecule has 0 fully saturated rings. The van der Waals surface area contributed by atoms with Crippen LogP contribution in [-0.4, -0.2) is 15.7 Å². The Morgan fingerprint density at radius 1 is 1.24 bits per heavy atom. The SMILES string of the molecule is CCCn1nc(C(=O)Nc2ccc(Cl)c(Cl)c2)ccc1=O. The van der Waals surface area contributed by atoms with Gasteiger partial charge in [-0.15, -0.1) is 0 Å². The lowest BCUT2D eigenvalue weighted by atomic mass is 10.3. The molecule has 0 radical (unpaired) electrons. The van der Waals surface area contributed by atoms with Gasteiger partial charge in [0, 0.05) is 18.3 Å². The van der Waals surface area contributed by atoms with Gasteiger partial charge in [0.25, 0.3) is 11.5 Å². The molecule has 0 atom stereocenters. The van der Waals surface area contributed by atoms with Crippen molar-refractivity contribution in [3.63, 3.8) is 0 Å². The Bertz CT molecular complexity index is 728. The number of halogens is 2. The van der Waals surface area contributed by atoms with Gasteiger partial charge in [-0.2, -0.15) is 5.10 Å². The van der Waals surface area contributed by atoms with Crippen LogP contribution in [0, 0.1) is 0 Å². The van der Waals surface area contributed by atoms with E-state index >= 15 is 0 Å². The van der Waals surface area contributed by atoms with Gasteiger partial charge in [-0.3, -0.25) is 9.59 Å². The lowest BCUT2D eigenvalue weighted by Crippen LogP contribution is -2.26. The van der Waals surface area contributed by atoms with Gasteiger partial charge in [0.05, 0.1) is 10.0 Å². The number of amides is 1. The Labute approximate surface area is 131 Å². The smallest absolute Gasteiger partial charge is 0.276 e. The number of nitrogens with one attached hydrogen (secondary N) is 1. The Balaban J connectivity index is 2.21. The first-order chi connectivity index (χ1) is 10.0. The number of rotatable bonds is 4. The van der Waals surface area contributed by atoms with Crippen molar-refractivity contribution in [3.8, 4) is 0 Å². The van der Waals surface area contributed by atoms with E-state index in [1.54, 1.807) is 18.2 Å². The maximum Gasteiger partial charge on any atom is 0.276 e. The van der Waals surface area contributed by atoms with E-state index in [1.165, 1.54) is 16.8 Å². The molecule has 0 saturated heterocycles. The molecule has 0 aliphatic rings. The van der Waals surface area contributed by atoms with Crippen molar-refractivity contribution in [3.05, 3.63) is 56.4 Å². The van der Waals surface area contributed by atoms with Crippen molar-refractivity contribution in [1.82, 2.24) is 9.78 Å². The zero-order valence-corrected chi connectivity index (χ0v) is 12.8. The average molecular weight is 326 g/mol. The minimum absolute atomic E-state index is 0.161. The van der Waals surface area contributed by atoms with E-state index in [9.17, 15) is 9.59 Å². The summed E-state index contributed by atoms with van der Waals surface area (Å²) in [5.74, 6) is -0.418. The first-order valence-corrected chi connectivity index (χ1v) is 7.11. The summed E-state index contributed by atoms with van der Waals surface area (Å²) in [6.07, 6.45) is 0.755. The molecule has 0 aliphatic carbocycles. The second kappa shape index (κ2) is 6.74. The monoisotopic (exact) mass is 325 g/mol. The van der Waals surface area contributed by atoms with Crippen LogP contribution in [0.25, 0.3) is 0 Å². The standard InChI is InChI=1S/C14H13Cl2N3O2/c1-2-7-19-13(20)6-5-12(18-19)14(21)17-9-3-4-10(15)11(16)8-9/h3-6,8H,2,7H2,1H3,(H,17,21).